The number of rotatable bonds is 7. The van der Waals surface area contributed by atoms with Crippen LogP contribution in [0.25, 0.3) is 0 Å². The third kappa shape index (κ3) is 5.12. The van der Waals surface area contributed by atoms with Crippen molar-refractivity contribution in [3.63, 3.8) is 0 Å². The van der Waals surface area contributed by atoms with Crippen LogP contribution in [0.5, 0.6) is 5.75 Å². The zero-order valence-corrected chi connectivity index (χ0v) is 13.0. The molecule has 0 aliphatic rings. The number of hydrogen-bond acceptors (Lipinski definition) is 4. The lowest BCUT2D eigenvalue weighted by Gasteiger charge is -2.11. The Morgan fingerprint density at radius 3 is 2.77 bits per heavy atom. The first-order chi connectivity index (χ1) is 10.8. The van der Waals surface area contributed by atoms with E-state index in [4.69, 9.17) is 9.26 Å². The van der Waals surface area contributed by atoms with Crippen molar-refractivity contribution in [2.75, 3.05) is 20.2 Å². The second-order valence-electron chi connectivity index (χ2n) is 4.65. The molecular weight excluding hydrogens is 280 g/mol. The molecule has 2 aromatic rings. The zero-order chi connectivity index (χ0) is 15.6. The van der Waals surface area contributed by atoms with Gasteiger partial charge >= 0.3 is 0 Å². The molecular formula is C16H22N4O2. The van der Waals surface area contributed by atoms with Crippen LogP contribution in [-0.2, 0) is 13.0 Å². The van der Waals surface area contributed by atoms with Crippen LogP contribution in [0.15, 0.2) is 45.9 Å². The summed E-state index contributed by atoms with van der Waals surface area (Å²) < 4.78 is 10.8. The second kappa shape index (κ2) is 8.71. The number of para-hydroxylation sites is 1. The third-order valence-corrected chi connectivity index (χ3v) is 3.03. The first-order valence-electron chi connectivity index (χ1n) is 7.38. The van der Waals surface area contributed by atoms with E-state index in [0.29, 0.717) is 25.7 Å². The fraction of sp³-hybridized carbons (Fsp3) is 0.375. The Morgan fingerprint density at radius 1 is 1.27 bits per heavy atom. The molecule has 0 saturated carbocycles. The highest BCUT2D eigenvalue weighted by Crippen LogP contribution is 2.07. The molecule has 22 heavy (non-hydrogen) atoms. The van der Waals surface area contributed by atoms with Gasteiger partial charge in [0.05, 0.1) is 18.8 Å². The molecule has 118 valence electrons. The smallest absolute Gasteiger partial charge is 0.191 e. The average molecular weight is 302 g/mol. The van der Waals surface area contributed by atoms with Crippen molar-refractivity contribution in [2.45, 2.75) is 19.9 Å². The maximum Gasteiger partial charge on any atom is 0.191 e. The summed E-state index contributed by atoms with van der Waals surface area (Å²) >= 11 is 0. The van der Waals surface area contributed by atoms with Gasteiger partial charge in [-0.2, -0.15) is 0 Å². The number of ether oxygens (including phenoxy) is 1. The Hall–Kier alpha value is -2.50. The molecule has 0 saturated heterocycles. The van der Waals surface area contributed by atoms with Crippen LogP contribution in [0.3, 0.4) is 0 Å². The van der Waals surface area contributed by atoms with Crippen molar-refractivity contribution >= 4 is 5.96 Å². The molecule has 0 amide bonds. The van der Waals surface area contributed by atoms with E-state index in [-0.39, 0.29) is 0 Å². The predicted octanol–water partition coefficient (Wildman–Crippen LogP) is 1.98. The minimum atomic E-state index is 0.548. The summed E-state index contributed by atoms with van der Waals surface area (Å²) in [6.07, 6.45) is 0.868. The maximum absolute atomic E-state index is 5.61. The van der Waals surface area contributed by atoms with Crippen molar-refractivity contribution in [1.82, 2.24) is 15.8 Å². The minimum Gasteiger partial charge on any atom is -0.492 e. The van der Waals surface area contributed by atoms with Gasteiger partial charge in [-0.3, -0.25) is 4.99 Å². The molecule has 6 nitrogen and oxygen atoms in total. The normalized spacial score (nSPS) is 11.3. The lowest BCUT2D eigenvalue weighted by molar-refractivity contribution is 0.321. The topological polar surface area (TPSA) is 71.7 Å². The lowest BCUT2D eigenvalue weighted by atomic mass is 10.3. The van der Waals surface area contributed by atoms with Crippen molar-refractivity contribution in [1.29, 1.82) is 0 Å². The van der Waals surface area contributed by atoms with Crippen molar-refractivity contribution in [3.05, 3.63) is 47.9 Å². The van der Waals surface area contributed by atoms with E-state index in [1.54, 1.807) is 7.05 Å². The Morgan fingerprint density at radius 2 is 2.09 bits per heavy atom. The molecule has 0 aliphatic heterocycles. The van der Waals surface area contributed by atoms with Crippen LogP contribution in [0, 0.1) is 0 Å². The van der Waals surface area contributed by atoms with Crippen LogP contribution in [-0.4, -0.2) is 31.3 Å². The molecule has 1 aromatic heterocycles. The third-order valence-electron chi connectivity index (χ3n) is 3.03. The number of benzene rings is 1. The number of hydrogen-bond donors (Lipinski definition) is 2. The van der Waals surface area contributed by atoms with Crippen molar-refractivity contribution in [3.8, 4) is 5.75 Å². The molecule has 0 unspecified atom stereocenters. The van der Waals surface area contributed by atoms with Gasteiger partial charge in [-0.1, -0.05) is 30.3 Å². The van der Waals surface area contributed by atoms with Gasteiger partial charge < -0.3 is 19.9 Å². The van der Waals surface area contributed by atoms with E-state index < -0.39 is 0 Å². The van der Waals surface area contributed by atoms with Crippen molar-refractivity contribution in [2.24, 2.45) is 4.99 Å². The molecule has 2 rings (SSSR count). The van der Waals surface area contributed by atoms with Gasteiger partial charge in [0.1, 0.15) is 12.4 Å². The largest absolute Gasteiger partial charge is 0.492 e. The van der Waals surface area contributed by atoms with Gasteiger partial charge in [0.2, 0.25) is 0 Å². The average Bonchev–Trinajstić information content (AvgIpc) is 3.03. The quantitative estimate of drug-likeness (QED) is 0.465. The van der Waals surface area contributed by atoms with Gasteiger partial charge in [-0.15, -0.1) is 0 Å². The molecule has 0 fully saturated rings. The summed E-state index contributed by atoms with van der Waals surface area (Å²) in [6.45, 7) is 3.81. The van der Waals surface area contributed by atoms with Crippen LogP contribution in [0.1, 0.15) is 18.4 Å². The minimum absolute atomic E-state index is 0.548. The Labute approximate surface area is 130 Å². The Kier molecular flexibility index (Phi) is 6.29. The summed E-state index contributed by atoms with van der Waals surface area (Å²) in [5.41, 5.74) is 0.955. The van der Waals surface area contributed by atoms with Gasteiger partial charge in [0.25, 0.3) is 0 Å². The van der Waals surface area contributed by atoms with Gasteiger partial charge in [0, 0.05) is 13.1 Å². The van der Waals surface area contributed by atoms with Gasteiger partial charge in [-0.25, -0.2) is 0 Å². The highest BCUT2D eigenvalue weighted by Gasteiger charge is 2.04. The summed E-state index contributed by atoms with van der Waals surface area (Å²) in [6, 6.07) is 11.7. The zero-order valence-electron chi connectivity index (χ0n) is 13.0. The van der Waals surface area contributed by atoms with E-state index in [1.807, 2.05) is 43.3 Å². The van der Waals surface area contributed by atoms with Crippen LogP contribution >= 0.6 is 0 Å². The molecule has 1 heterocycles. The van der Waals surface area contributed by atoms with Crippen LogP contribution < -0.4 is 15.4 Å². The summed E-state index contributed by atoms with van der Waals surface area (Å²) in [5.74, 6) is 2.35. The molecule has 0 radical (unpaired) electrons. The van der Waals surface area contributed by atoms with Crippen LogP contribution in [0.2, 0.25) is 0 Å². The monoisotopic (exact) mass is 302 g/mol. The fourth-order valence-corrected chi connectivity index (χ4v) is 1.85. The number of aryl methyl sites for hydroxylation is 1. The molecule has 1 aromatic carbocycles. The molecule has 2 N–H and O–H groups in total. The first kappa shape index (κ1) is 15.9. The van der Waals surface area contributed by atoms with E-state index in [2.05, 4.69) is 20.8 Å². The fourth-order valence-electron chi connectivity index (χ4n) is 1.85. The first-order valence-corrected chi connectivity index (χ1v) is 7.38. The van der Waals surface area contributed by atoms with Gasteiger partial charge in [-0.05, 0) is 18.6 Å². The van der Waals surface area contributed by atoms with E-state index in [0.717, 1.165) is 23.6 Å². The highest BCUT2D eigenvalue weighted by molar-refractivity contribution is 5.79. The molecule has 6 heteroatoms. The van der Waals surface area contributed by atoms with Crippen molar-refractivity contribution < 1.29 is 9.26 Å². The number of nitrogens with one attached hydrogen (secondary N) is 2. The maximum atomic E-state index is 5.61. The molecule has 0 bridgehead atoms. The summed E-state index contributed by atoms with van der Waals surface area (Å²) in [5, 5.41) is 10.3. The van der Waals surface area contributed by atoms with Gasteiger partial charge in [0.15, 0.2) is 11.7 Å². The number of nitrogens with zero attached hydrogens (tertiary/aromatic N) is 2. The van der Waals surface area contributed by atoms with E-state index in [1.165, 1.54) is 0 Å². The molecule has 0 atom stereocenters. The lowest BCUT2D eigenvalue weighted by Crippen LogP contribution is -2.38. The summed E-state index contributed by atoms with van der Waals surface area (Å²) in [4.78, 5) is 4.15. The highest BCUT2D eigenvalue weighted by atomic mass is 16.5. The number of guanidine groups is 1. The van der Waals surface area contributed by atoms with E-state index in [9.17, 15) is 0 Å². The second-order valence-corrected chi connectivity index (χ2v) is 4.65. The number of aliphatic imine (C=N–C) groups is 1. The van der Waals surface area contributed by atoms with Crippen LogP contribution in [0.4, 0.5) is 0 Å². The number of aromatic nitrogens is 1. The Balaban J connectivity index is 1.67. The molecule has 0 aliphatic carbocycles. The SMILES string of the molecule is CCc1cc(CNC(=NC)NCCOc2ccccc2)on1. The van der Waals surface area contributed by atoms with E-state index >= 15 is 0 Å². The molecule has 0 spiro atoms. The standard InChI is InChI=1S/C16H22N4O2/c1-3-13-11-15(22-20-13)12-19-16(17-2)18-9-10-21-14-7-5-4-6-8-14/h4-8,11H,3,9-10,12H2,1-2H3,(H2,17,18,19). The Bertz CT molecular complexity index is 581. The predicted molar refractivity (Wildman–Crippen MR) is 86.0 cm³/mol. The summed E-state index contributed by atoms with van der Waals surface area (Å²) in [7, 11) is 1.73.